The molecule has 0 rings (SSSR count). The van der Waals surface area contributed by atoms with Crippen LogP contribution < -0.4 is 0 Å². The number of carbonyl (C=O) groups excluding carboxylic acids is 1. The first-order valence-corrected chi connectivity index (χ1v) is 3.08. The molecule has 62 valence electrons. The molecule has 0 saturated heterocycles. The number of isocyanates is 1. The van der Waals surface area contributed by atoms with E-state index in [2.05, 4.69) is 16.5 Å². The Kier molecular flexibility index (Phi) is 3.51. The highest BCUT2D eigenvalue weighted by molar-refractivity contribution is 5.35. The molecule has 0 radical (unpaired) electrons. The van der Waals surface area contributed by atoms with E-state index in [1.807, 2.05) is 0 Å². The molecule has 11 heavy (non-hydrogen) atoms. The van der Waals surface area contributed by atoms with Crippen molar-refractivity contribution in [1.29, 1.82) is 0 Å². The number of hydrogen-bond acceptors (Lipinski definition) is 4. The summed E-state index contributed by atoms with van der Waals surface area (Å²) in [4.78, 5) is 22.0. The summed E-state index contributed by atoms with van der Waals surface area (Å²) >= 11 is 0. The molecular formula is C7H11NO3. The first-order valence-electron chi connectivity index (χ1n) is 3.08. The third-order valence-electron chi connectivity index (χ3n) is 0.558. The molecule has 0 aliphatic heterocycles. The predicted octanol–water partition coefficient (Wildman–Crippen LogP) is 1.54. The summed E-state index contributed by atoms with van der Waals surface area (Å²) in [7, 11) is 0. The second kappa shape index (κ2) is 3.91. The van der Waals surface area contributed by atoms with Gasteiger partial charge in [-0.2, -0.15) is 4.89 Å². The van der Waals surface area contributed by atoms with Gasteiger partial charge in [0.25, 0.3) is 5.88 Å². The molecule has 0 amide bonds. The van der Waals surface area contributed by atoms with E-state index in [1.54, 1.807) is 20.8 Å². The molecule has 0 unspecified atom stereocenters. The molecule has 4 heteroatoms. The fourth-order valence-electron chi connectivity index (χ4n) is 0.243. The zero-order valence-electron chi connectivity index (χ0n) is 6.88. The van der Waals surface area contributed by atoms with E-state index >= 15 is 0 Å². The van der Waals surface area contributed by atoms with Crippen molar-refractivity contribution in [3.05, 3.63) is 12.5 Å². The highest BCUT2D eigenvalue weighted by atomic mass is 17.2. The Balaban J connectivity index is 3.72. The minimum absolute atomic E-state index is 0.102. The fraction of sp³-hybridized carbons (Fsp3) is 0.571. The summed E-state index contributed by atoms with van der Waals surface area (Å²) in [5, 5.41) is 0. The minimum atomic E-state index is -0.443. The first-order chi connectivity index (χ1) is 4.95. The lowest BCUT2D eigenvalue weighted by Crippen LogP contribution is -2.18. The lowest BCUT2D eigenvalue weighted by atomic mass is 10.2. The van der Waals surface area contributed by atoms with E-state index in [4.69, 9.17) is 4.89 Å². The maximum atomic E-state index is 9.65. The van der Waals surface area contributed by atoms with Crippen molar-refractivity contribution in [2.45, 2.75) is 26.4 Å². The minimum Gasteiger partial charge on any atom is -0.316 e. The number of aliphatic imine (C=N–C) groups is 1. The topological polar surface area (TPSA) is 47.9 Å². The van der Waals surface area contributed by atoms with Crippen LogP contribution in [0.5, 0.6) is 0 Å². The summed E-state index contributed by atoms with van der Waals surface area (Å²) in [5.74, 6) is -0.102. The van der Waals surface area contributed by atoms with Crippen LogP contribution in [0.25, 0.3) is 0 Å². The van der Waals surface area contributed by atoms with Gasteiger partial charge in [0.15, 0.2) is 0 Å². The van der Waals surface area contributed by atoms with Gasteiger partial charge in [0.05, 0.1) is 0 Å². The second-order valence-corrected chi connectivity index (χ2v) is 2.88. The molecule has 0 fully saturated rings. The Bertz CT molecular complexity index is 186. The molecule has 0 bridgehead atoms. The van der Waals surface area contributed by atoms with E-state index in [0.29, 0.717) is 0 Å². The average molecular weight is 157 g/mol. The fourth-order valence-corrected chi connectivity index (χ4v) is 0.243. The Morgan fingerprint density at radius 3 is 2.45 bits per heavy atom. The molecule has 0 aliphatic carbocycles. The van der Waals surface area contributed by atoms with Crippen molar-refractivity contribution in [1.82, 2.24) is 0 Å². The van der Waals surface area contributed by atoms with Crippen LogP contribution in [0.15, 0.2) is 17.5 Å². The van der Waals surface area contributed by atoms with Crippen molar-refractivity contribution >= 4 is 6.08 Å². The molecule has 0 spiro atoms. The number of rotatable bonds is 3. The molecular weight excluding hydrogens is 146 g/mol. The van der Waals surface area contributed by atoms with Gasteiger partial charge in [0.1, 0.15) is 5.60 Å². The zero-order valence-corrected chi connectivity index (χ0v) is 6.88. The van der Waals surface area contributed by atoms with Crippen molar-refractivity contribution in [2.24, 2.45) is 4.99 Å². The SMILES string of the molecule is C=C(N=C=O)OOC(C)(C)C. The molecule has 0 aliphatic rings. The third kappa shape index (κ3) is 6.77. The summed E-state index contributed by atoms with van der Waals surface area (Å²) < 4.78 is 0. The van der Waals surface area contributed by atoms with E-state index in [1.165, 1.54) is 6.08 Å². The van der Waals surface area contributed by atoms with Gasteiger partial charge in [0.2, 0.25) is 6.08 Å². The number of nitrogens with zero attached hydrogens (tertiary/aromatic N) is 1. The van der Waals surface area contributed by atoms with Crippen LogP contribution in [0, 0.1) is 0 Å². The Hall–Kier alpha value is -1.12. The predicted molar refractivity (Wildman–Crippen MR) is 39.2 cm³/mol. The first kappa shape index (κ1) is 9.88. The normalized spacial score (nSPS) is 10.1. The second-order valence-electron chi connectivity index (χ2n) is 2.88. The van der Waals surface area contributed by atoms with E-state index in [-0.39, 0.29) is 5.88 Å². The molecule has 0 saturated carbocycles. The highest BCUT2D eigenvalue weighted by Gasteiger charge is 2.12. The van der Waals surface area contributed by atoms with Gasteiger partial charge < -0.3 is 4.89 Å². The van der Waals surface area contributed by atoms with Crippen LogP contribution in [0.4, 0.5) is 0 Å². The molecule has 0 aromatic carbocycles. The van der Waals surface area contributed by atoms with E-state index in [9.17, 15) is 4.79 Å². The van der Waals surface area contributed by atoms with Crippen LogP contribution in [0.1, 0.15) is 20.8 Å². The van der Waals surface area contributed by atoms with Gasteiger partial charge in [0, 0.05) is 0 Å². The summed E-state index contributed by atoms with van der Waals surface area (Å²) in [6, 6.07) is 0. The van der Waals surface area contributed by atoms with E-state index < -0.39 is 5.60 Å². The molecule has 0 aromatic heterocycles. The van der Waals surface area contributed by atoms with Crippen molar-refractivity contribution < 1.29 is 14.6 Å². The summed E-state index contributed by atoms with van der Waals surface area (Å²) in [6.45, 7) is 8.66. The Morgan fingerprint density at radius 1 is 1.55 bits per heavy atom. The average Bonchev–Trinajstić information content (AvgIpc) is 1.83. The highest BCUT2D eigenvalue weighted by Crippen LogP contribution is 2.09. The Labute approximate surface area is 65.5 Å². The van der Waals surface area contributed by atoms with Crippen LogP contribution in [-0.2, 0) is 14.6 Å². The van der Waals surface area contributed by atoms with Crippen molar-refractivity contribution in [3.63, 3.8) is 0 Å². The lowest BCUT2D eigenvalue weighted by Gasteiger charge is -2.16. The van der Waals surface area contributed by atoms with Crippen molar-refractivity contribution in [3.8, 4) is 0 Å². The van der Waals surface area contributed by atoms with Gasteiger partial charge >= 0.3 is 0 Å². The monoisotopic (exact) mass is 157 g/mol. The van der Waals surface area contributed by atoms with Crippen LogP contribution in [0.3, 0.4) is 0 Å². The van der Waals surface area contributed by atoms with Gasteiger partial charge in [-0.1, -0.05) is 0 Å². The lowest BCUT2D eigenvalue weighted by molar-refractivity contribution is -0.321. The maximum absolute atomic E-state index is 9.65. The molecule has 0 atom stereocenters. The zero-order chi connectivity index (χ0) is 8.91. The maximum Gasteiger partial charge on any atom is 0.259 e. The summed E-state index contributed by atoms with van der Waals surface area (Å²) in [5.41, 5.74) is -0.443. The molecule has 0 heterocycles. The van der Waals surface area contributed by atoms with Crippen LogP contribution in [-0.4, -0.2) is 11.7 Å². The third-order valence-corrected chi connectivity index (χ3v) is 0.558. The standard InChI is InChI=1S/C7H11NO3/c1-6(8-5-9)10-11-7(2,3)4/h1H2,2-4H3. The van der Waals surface area contributed by atoms with E-state index in [0.717, 1.165) is 0 Å². The largest absolute Gasteiger partial charge is 0.316 e. The Morgan fingerprint density at radius 2 is 2.09 bits per heavy atom. The van der Waals surface area contributed by atoms with Gasteiger partial charge in [-0.15, -0.1) is 4.99 Å². The van der Waals surface area contributed by atoms with Crippen LogP contribution >= 0.6 is 0 Å². The van der Waals surface area contributed by atoms with Gasteiger partial charge in [-0.3, -0.25) is 0 Å². The quantitative estimate of drug-likeness (QED) is 0.205. The molecule has 0 N–H and O–H groups in total. The molecule has 4 nitrogen and oxygen atoms in total. The van der Waals surface area contributed by atoms with Crippen molar-refractivity contribution in [2.75, 3.05) is 0 Å². The summed E-state index contributed by atoms with van der Waals surface area (Å²) in [6.07, 6.45) is 1.27. The molecule has 0 aromatic rings. The van der Waals surface area contributed by atoms with Crippen LogP contribution in [0.2, 0.25) is 0 Å². The van der Waals surface area contributed by atoms with Gasteiger partial charge in [-0.25, -0.2) is 4.79 Å². The van der Waals surface area contributed by atoms with Gasteiger partial charge in [-0.05, 0) is 27.4 Å². The smallest absolute Gasteiger partial charge is 0.259 e. The number of hydrogen-bond donors (Lipinski definition) is 0.